The molecule has 1 aromatic carbocycles. The van der Waals surface area contributed by atoms with Crippen molar-refractivity contribution in [3.63, 3.8) is 0 Å². The molecule has 0 amide bonds. The number of benzene rings is 1. The average Bonchev–Trinajstić information content (AvgIpc) is 2.75. The minimum atomic E-state index is -0.691. The number of rotatable bonds is 1. The standard InChI is InChI=1S/C15H17NOS2/c1-14(11-16)15(18-8-5-9-19-15)10-13(17-14)12-6-3-2-4-7-12/h2-4,6-7,13H,5,8-10H2,1H3/t13-,14-/m0/s1. The molecule has 2 heterocycles. The summed E-state index contributed by atoms with van der Waals surface area (Å²) in [6, 6.07) is 12.7. The fourth-order valence-corrected chi connectivity index (χ4v) is 6.32. The zero-order valence-corrected chi connectivity index (χ0v) is 12.6. The molecular weight excluding hydrogens is 274 g/mol. The fraction of sp³-hybridized carbons (Fsp3) is 0.533. The number of nitriles is 1. The first-order valence-electron chi connectivity index (χ1n) is 6.61. The van der Waals surface area contributed by atoms with E-state index in [2.05, 4.69) is 18.2 Å². The zero-order valence-electron chi connectivity index (χ0n) is 11.0. The number of hydrogen-bond acceptors (Lipinski definition) is 4. The summed E-state index contributed by atoms with van der Waals surface area (Å²) in [6.07, 6.45) is 2.20. The zero-order chi connectivity index (χ0) is 13.3. The third-order valence-electron chi connectivity index (χ3n) is 3.90. The van der Waals surface area contributed by atoms with E-state index in [4.69, 9.17) is 4.74 Å². The highest BCUT2D eigenvalue weighted by Gasteiger charge is 2.59. The first-order valence-corrected chi connectivity index (χ1v) is 8.58. The Morgan fingerprint density at radius 1 is 1.26 bits per heavy atom. The van der Waals surface area contributed by atoms with Crippen LogP contribution in [0.1, 0.15) is 31.4 Å². The lowest BCUT2D eigenvalue weighted by Crippen LogP contribution is -2.44. The molecule has 0 unspecified atom stereocenters. The largest absolute Gasteiger partial charge is 0.350 e. The van der Waals surface area contributed by atoms with Crippen LogP contribution in [0.15, 0.2) is 30.3 Å². The van der Waals surface area contributed by atoms with Crippen LogP contribution in [-0.2, 0) is 4.74 Å². The van der Waals surface area contributed by atoms with Crippen LogP contribution in [-0.4, -0.2) is 21.2 Å². The molecule has 2 fully saturated rings. The summed E-state index contributed by atoms with van der Waals surface area (Å²) in [7, 11) is 0. The van der Waals surface area contributed by atoms with Gasteiger partial charge in [0.25, 0.3) is 0 Å². The van der Waals surface area contributed by atoms with E-state index in [0.29, 0.717) is 0 Å². The Labute approximate surface area is 122 Å². The average molecular weight is 291 g/mol. The van der Waals surface area contributed by atoms with E-state index in [1.165, 1.54) is 12.0 Å². The molecule has 0 N–H and O–H groups in total. The van der Waals surface area contributed by atoms with Gasteiger partial charge < -0.3 is 4.74 Å². The molecule has 3 rings (SSSR count). The van der Waals surface area contributed by atoms with Crippen molar-refractivity contribution >= 4 is 23.5 Å². The van der Waals surface area contributed by atoms with Crippen LogP contribution in [0.4, 0.5) is 0 Å². The maximum Gasteiger partial charge on any atom is 0.175 e. The monoisotopic (exact) mass is 291 g/mol. The van der Waals surface area contributed by atoms with Crippen LogP contribution in [0.2, 0.25) is 0 Å². The maximum atomic E-state index is 9.61. The van der Waals surface area contributed by atoms with Gasteiger partial charge in [-0.2, -0.15) is 5.26 Å². The molecule has 2 aliphatic heterocycles. The van der Waals surface area contributed by atoms with Crippen molar-refractivity contribution < 1.29 is 4.74 Å². The summed E-state index contributed by atoms with van der Waals surface area (Å²) >= 11 is 3.84. The second kappa shape index (κ2) is 5.05. The molecule has 0 radical (unpaired) electrons. The molecule has 0 aromatic heterocycles. The van der Waals surface area contributed by atoms with Gasteiger partial charge in [0.15, 0.2) is 5.60 Å². The van der Waals surface area contributed by atoms with E-state index < -0.39 is 5.60 Å². The SMILES string of the molecule is C[C@@]1(C#N)O[C@H](c2ccccc2)CC12SCCCS2. The van der Waals surface area contributed by atoms with Gasteiger partial charge in [0.05, 0.1) is 12.2 Å². The van der Waals surface area contributed by atoms with Gasteiger partial charge >= 0.3 is 0 Å². The summed E-state index contributed by atoms with van der Waals surface area (Å²) < 4.78 is 6.08. The second-order valence-corrected chi connectivity index (χ2v) is 8.22. The van der Waals surface area contributed by atoms with Gasteiger partial charge in [-0.05, 0) is 30.4 Å². The molecular formula is C15H17NOS2. The van der Waals surface area contributed by atoms with E-state index in [1.807, 2.05) is 48.6 Å². The topological polar surface area (TPSA) is 33.0 Å². The Kier molecular flexibility index (Phi) is 3.55. The molecule has 0 saturated carbocycles. The van der Waals surface area contributed by atoms with Crippen LogP contribution in [0.3, 0.4) is 0 Å². The lowest BCUT2D eigenvalue weighted by atomic mass is 10.0. The van der Waals surface area contributed by atoms with Gasteiger partial charge in [0, 0.05) is 6.42 Å². The highest BCUT2D eigenvalue weighted by Crippen LogP contribution is 2.61. The molecule has 1 aromatic rings. The normalized spacial score (nSPS) is 33.2. The van der Waals surface area contributed by atoms with Gasteiger partial charge in [-0.25, -0.2) is 0 Å². The first kappa shape index (κ1) is 13.4. The summed E-state index contributed by atoms with van der Waals surface area (Å²) in [4.78, 5) is 0. The third-order valence-corrected chi connectivity index (χ3v) is 7.64. The molecule has 0 bridgehead atoms. The highest BCUT2D eigenvalue weighted by molar-refractivity contribution is 8.19. The Bertz CT molecular complexity index is 493. The van der Waals surface area contributed by atoms with Crippen molar-refractivity contribution in [2.45, 2.75) is 35.5 Å². The predicted octanol–water partition coefficient (Wildman–Crippen LogP) is 4.00. The quantitative estimate of drug-likeness (QED) is 0.783. The summed E-state index contributed by atoms with van der Waals surface area (Å²) in [5.74, 6) is 2.27. The molecule has 2 atom stereocenters. The number of thioether (sulfide) groups is 2. The Morgan fingerprint density at radius 2 is 1.95 bits per heavy atom. The molecule has 0 aliphatic carbocycles. The van der Waals surface area contributed by atoms with Crippen molar-refractivity contribution in [2.24, 2.45) is 0 Å². The lowest BCUT2D eigenvalue weighted by Gasteiger charge is -2.39. The van der Waals surface area contributed by atoms with E-state index >= 15 is 0 Å². The Morgan fingerprint density at radius 3 is 2.58 bits per heavy atom. The summed E-state index contributed by atoms with van der Waals surface area (Å²) in [5.41, 5.74) is 0.496. The minimum Gasteiger partial charge on any atom is -0.350 e. The van der Waals surface area contributed by atoms with Crippen molar-refractivity contribution in [3.8, 4) is 6.07 Å². The van der Waals surface area contributed by atoms with E-state index in [-0.39, 0.29) is 10.2 Å². The van der Waals surface area contributed by atoms with Gasteiger partial charge in [-0.3, -0.25) is 0 Å². The van der Waals surface area contributed by atoms with Crippen molar-refractivity contribution in [1.82, 2.24) is 0 Å². The molecule has 2 aliphatic rings. The summed E-state index contributed by atoms with van der Waals surface area (Å²) in [6.45, 7) is 1.96. The first-order chi connectivity index (χ1) is 9.19. The van der Waals surface area contributed by atoms with Crippen LogP contribution in [0.25, 0.3) is 0 Å². The van der Waals surface area contributed by atoms with Crippen molar-refractivity contribution in [3.05, 3.63) is 35.9 Å². The van der Waals surface area contributed by atoms with Crippen LogP contribution in [0, 0.1) is 11.3 Å². The smallest absolute Gasteiger partial charge is 0.175 e. The van der Waals surface area contributed by atoms with Gasteiger partial charge in [-0.15, -0.1) is 23.5 Å². The maximum absolute atomic E-state index is 9.61. The molecule has 4 heteroatoms. The lowest BCUT2D eigenvalue weighted by molar-refractivity contribution is 0.00798. The van der Waals surface area contributed by atoms with Gasteiger partial charge in [0.1, 0.15) is 4.08 Å². The Balaban J connectivity index is 1.92. The third kappa shape index (κ3) is 2.18. The molecule has 2 saturated heterocycles. The van der Waals surface area contributed by atoms with Crippen LogP contribution >= 0.6 is 23.5 Å². The summed E-state index contributed by atoms with van der Waals surface area (Å²) in [5, 5.41) is 9.61. The predicted molar refractivity (Wildman–Crippen MR) is 81.2 cm³/mol. The van der Waals surface area contributed by atoms with E-state index in [0.717, 1.165) is 17.9 Å². The molecule has 19 heavy (non-hydrogen) atoms. The Hall–Kier alpha value is -0.630. The fourth-order valence-electron chi connectivity index (χ4n) is 2.79. The minimum absolute atomic E-state index is 0.0453. The highest BCUT2D eigenvalue weighted by atomic mass is 32.2. The van der Waals surface area contributed by atoms with E-state index in [1.54, 1.807) is 0 Å². The van der Waals surface area contributed by atoms with Crippen LogP contribution in [0.5, 0.6) is 0 Å². The number of hydrogen-bond donors (Lipinski definition) is 0. The number of ether oxygens (including phenoxy) is 1. The van der Waals surface area contributed by atoms with Gasteiger partial charge in [0.2, 0.25) is 0 Å². The van der Waals surface area contributed by atoms with E-state index in [9.17, 15) is 5.26 Å². The van der Waals surface area contributed by atoms with Crippen LogP contribution < -0.4 is 0 Å². The van der Waals surface area contributed by atoms with Gasteiger partial charge in [-0.1, -0.05) is 30.3 Å². The molecule has 2 nitrogen and oxygen atoms in total. The van der Waals surface area contributed by atoms with Crippen molar-refractivity contribution in [2.75, 3.05) is 11.5 Å². The van der Waals surface area contributed by atoms with Crippen molar-refractivity contribution in [1.29, 1.82) is 5.26 Å². The molecule has 100 valence electrons. The number of nitrogens with zero attached hydrogens (tertiary/aromatic N) is 1. The second-order valence-electron chi connectivity index (χ2n) is 5.17. The molecule has 1 spiro atoms.